The van der Waals surface area contributed by atoms with Gasteiger partial charge >= 0.3 is 0 Å². The minimum atomic E-state index is -3.77. The largest absolute Gasteiger partial charge is 0.497 e. The van der Waals surface area contributed by atoms with E-state index >= 15 is 0 Å². The molecular formula is C25H28N2O5S. The van der Waals surface area contributed by atoms with E-state index in [0.717, 1.165) is 16.8 Å². The van der Waals surface area contributed by atoms with Crippen molar-refractivity contribution < 1.29 is 22.7 Å². The highest BCUT2D eigenvalue weighted by molar-refractivity contribution is 7.92. The molecule has 0 aliphatic heterocycles. The summed E-state index contributed by atoms with van der Waals surface area (Å²) in [5.74, 6) is 1.000. The predicted octanol–water partition coefficient (Wildman–Crippen LogP) is 4.95. The van der Waals surface area contributed by atoms with Gasteiger partial charge in [-0.25, -0.2) is 8.42 Å². The summed E-state index contributed by atoms with van der Waals surface area (Å²) in [6, 6.07) is 18.4. The molecule has 0 fully saturated rings. The Morgan fingerprint density at radius 3 is 2.18 bits per heavy atom. The van der Waals surface area contributed by atoms with E-state index in [1.165, 1.54) is 31.4 Å². The van der Waals surface area contributed by atoms with Gasteiger partial charge in [0.2, 0.25) is 0 Å². The van der Waals surface area contributed by atoms with Crippen LogP contribution in [0.4, 0.5) is 11.4 Å². The Balaban J connectivity index is 1.61. The standard InChI is InChI=1S/C25H28N2O5S/c1-17(2)23-7-5-6-18(3)25(23)26-24(28)16-32-21-12-14-22(15-13-21)33(29,30)27-19-8-10-20(31-4)11-9-19/h5-15,17,27H,16H2,1-4H3,(H,26,28). The number of nitrogens with one attached hydrogen (secondary N) is 2. The molecule has 0 aromatic heterocycles. The molecule has 3 aromatic rings. The fraction of sp³-hybridized carbons (Fsp3) is 0.240. The van der Waals surface area contributed by atoms with E-state index < -0.39 is 10.0 Å². The number of carbonyl (C=O) groups excluding carboxylic acids is 1. The van der Waals surface area contributed by atoms with Crippen LogP contribution in [0.5, 0.6) is 11.5 Å². The monoisotopic (exact) mass is 468 g/mol. The Labute approximate surface area is 194 Å². The highest BCUT2D eigenvalue weighted by Crippen LogP contribution is 2.27. The molecule has 0 aliphatic rings. The second kappa shape index (κ2) is 10.4. The van der Waals surface area contributed by atoms with Crippen molar-refractivity contribution in [3.05, 3.63) is 77.9 Å². The average molecular weight is 469 g/mol. The number of hydrogen-bond donors (Lipinski definition) is 2. The van der Waals surface area contributed by atoms with Crippen molar-refractivity contribution in [1.29, 1.82) is 0 Å². The Kier molecular flexibility index (Phi) is 7.60. The molecule has 0 radical (unpaired) electrons. The van der Waals surface area contributed by atoms with Gasteiger partial charge in [0.05, 0.1) is 12.0 Å². The summed E-state index contributed by atoms with van der Waals surface area (Å²) in [5.41, 5.74) is 3.26. The third-order valence-corrected chi connectivity index (χ3v) is 6.43. The summed E-state index contributed by atoms with van der Waals surface area (Å²) in [7, 11) is -2.23. The van der Waals surface area contributed by atoms with Crippen LogP contribution in [0.2, 0.25) is 0 Å². The number of rotatable bonds is 9. The van der Waals surface area contributed by atoms with Gasteiger partial charge in [-0.2, -0.15) is 0 Å². The number of hydrogen-bond acceptors (Lipinski definition) is 5. The van der Waals surface area contributed by atoms with Crippen LogP contribution >= 0.6 is 0 Å². The van der Waals surface area contributed by atoms with Crippen LogP contribution in [0.15, 0.2) is 71.6 Å². The normalized spacial score (nSPS) is 11.2. The summed E-state index contributed by atoms with van der Waals surface area (Å²) in [6.07, 6.45) is 0. The first-order valence-electron chi connectivity index (χ1n) is 10.5. The highest BCUT2D eigenvalue weighted by atomic mass is 32.2. The molecule has 0 spiro atoms. The number of methoxy groups -OCH3 is 1. The Morgan fingerprint density at radius 1 is 0.939 bits per heavy atom. The highest BCUT2D eigenvalue weighted by Gasteiger charge is 2.15. The van der Waals surface area contributed by atoms with Gasteiger partial charge in [-0.3, -0.25) is 9.52 Å². The van der Waals surface area contributed by atoms with Gasteiger partial charge in [0.15, 0.2) is 6.61 Å². The van der Waals surface area contributed by atoms with Crippen LogP contribution in [0.3, 0.4) is 0 Å². The van der Waals surface area contributed by atoms with Gasteiger partial charge in [-0.05, 0) is 72.5 Å². The number of amides is 1. The second-order valence-corrected chi connectivity index (χ2v) is 9.52. The number of ether oxygens (including phenoxy) is 2. The van der Waals surface area contributed by atoms with Crippen molar-refractivity contribution >= 4 is 27.3 Å². The molecule has 0 saturated carbocycles. The van der Waals surface area contributed by atoms with Crippen LogP contribution < -0.4 is 19.5 Å². The molecule has 0 unspecified atom stereocenters. The summed E-state index contributed by atoms with van der Waals surface area (Å²) in [6.45, 7) is 5.89. The van der Waals surface area contributed by atoms with Crippen LogP contribution in [0, 0.1) is 6.92 Å². The van der Waals surface area contributed by atoms with Crippen LogP contribution in [-0.2, 0) is 14.8 Å². The van der Waals surface area contributed by atoms with E-state index in [2.05, 4.69) is 23.9 Å². The van der Waals surface area contributed by atoms with Gasteiger partial charge in [-0.15, -0.1) is 0 Å². The maximum absolute atomic E-state index is 12.6. The van der Waals surface area contributed by atoms with Crippen LogP contribution in [0.25, 0.3) is 0 Å². The first-order chi connectivity index (χ1) is 15.7. The predicted molar refractivity (Wildman–Crippen MR) is 130 cm³/mol. The number of sulfonamides is 1. The number of aryl methyl sites for hydroxylation is 1. The Hall–Kier alpha value is -3.52. The fourth-order valence-electron chi connectivity index (χ4n) is 3.25. The number of carbonyl (C=O) groups is 1. The maximum atomic E-state index is 12.6. The topological polar surface area (TPSA) is 93.7 Å². The maximum Gasteiger partial charge on any atom is 0.262 e. The third-order valence-electron chi connectivity index (χ3n) is 5.04. The van der Waals surface area contributed by atoms with E-state index in [4.69, 9.17) is 9.47 Å². The van der Waals surface area contributed by atoms with E-state index in [0.29, 0.717) is 17.2 Å². The molecule has 0 atom stereocenters. The lowest BCUT2D eigenvalue weighted by Gasteiger charge is -2.16. The van der Waals surface area contributed by atoms with Crippen molar-refractivity contribution in [1.82, 2.24) is 0 Å². The molecule has 174 valence electrons. The first kappa shape index (κ1) is 24.1. The Bertz CT molecular complexity index is 1200. The van der Waals surface area contributed by atoms with Crippen molar-refractivity contribution in [2.75, 3.05) is 23.8 Å². The van der Waals surface area contributed by atoms with E-state index in [1.807, 2.05) is 25.1 Å². The molecule has 1 amide bonds. The zero-order chi connectivity index (χ0) is 24.0. The molecule has 3 rings (SSSR count). The second-order valence-electron chi connectivity index (χ2n) is 7.84. The van der Waals surface area contributed by atoms with Crippen LogP contribution in [-0.4, -0.2) is 28.0 Å². The summed E-state index contributed by atoms with van der Waals surface area (Å²) in [5, 5.41) is 2.92. The van der Waals surface area contributed by atoms with E-state index in [-0.39, 0.29) is 23.3 Å². The lowest BCUT2D eigenvalue weighted by atomic mass is 9.98. The van der Waals surface area contributed by atoms with Crippen molar-refractivity contribution in [2.45, 2.75) is 31.6 Å². The SMILES string of the molecule is COc1ccc(NS(=O)(=O)c2ccc(OCC(=O)Nc3c(C)cccc3C(C)C)cc2)cc1. The van der Waals surface area contributed by atoms with Crippen molar-refractivity contribution in [3.63, 3.8) is 0 Å². The minimum absolute atomic E-state index is 0.0802. The summed E-state index contributed by atoms with van der Waals surface area (Å²) < 4.78 is 38.4. The number of benzene rings is 3. The fourth-order valence-corrected chi connectivity index (χ4v) is 4.31. The Morgan fingerprint density at radius 2 is 1.58 bits per heavy atom. The van der Waals surface area contributed by atoms with Crippen molar-refractivity contribution in [3.8, 4) is 11.5 Å². The van der Waals surface area contributed by atoms with E-state index in [9.17, 15) is 13.2 Å². The zero-order valence-electron chi connectivity index (χ0n) is 19.1. The summed E-state index contributed by atoms with van der Waals surface area (Å²) >= 11 is 0. The molecule has 33 heavy (non-hydrogen) atoms. The smallest absolute Gasteiger partial charge is 0.262 e. The zero-order valence-corrected chi connectivity index (χ0v) is 19.9. The quantitative estimate of drug-likeness (QED) is 0.464. The molecule has 7 nitrogen and oxygen atoms in total. The molecule has 8 heteroatoms. The minimum Gasteiger partial charge on any atom is -0.497 e. The lowest BCUT2D eigenvalue weighted by Crippen LogP contribution is -2.21. The molecule has 0 aliphatic carbocycles. The van der Waals surface area contributed by atoms with Gasteiger partial charge in [-0.1, -0.05) is 32.0 Å². The molecular weight excluding hydrogens is 440 g/mol. The van der Waals surface area contributed by atoms with Crippen LogP contribution in [0.1, 0.15) is 30.9 Å². The third kappa shape index (κ3) is 6.26. The first-order valence-corrected chi connectivity index (χ1v) is 12.0. The van der Waals surface area contributed by atoms with Gasteiger partial charge in [0, 0.05) is 11.4 Å². The average Bonchev–Trinajstić information content (AvgIpc) is 2.79. The van der Waals surface area contributed by atoms with Gasteiger partial charge < -0.3 is 14.8 Å². The summed E-state index contributed by atoms with van der Waals surface area (Å²) in [4.78, 5) is 12.5. The molecule has 0 bridgehead atoms. The molecule has 0 heterocycles. The lowest BCUT2D eigenvalue weighted by molar-refractivity contribution is -0.118. The molecule has 0 saturated heterocycles. The van der Waals surface area contributed by atoms with E-state index in [1.54, 1.807) is 24.3 Å². The number of para-hydroxylation sites is 1. The van der Waals surface area contributed by atoms with Gasteiger partial charge in [0.25, 0.3) is 15.9 Å². The number of anilines is 2. The van der Waals surface area contributed by atoms with Gasteiger partial charge in [0.1, 0.15) is 11.5 Å². The molecule has 3 aromatic carbocycles. The van der Waals surface area contributed by atoms with Crippen molar-refractivity contribution in [2.24, 2.45) is 0 Å². The molecule has 2 N–H and O–H groups in total.